The molecule has 0 saturated carbocycles. The molecule has 1 atom stereocenters. The van der Waals surface area contributed by atoms with E-state index in [1.165, 1.54) is 36.5 Å². The third-order valence-corrected chi connectivity index (χ3v) is 7.82. The van der Waals surface area contributed by atoms with Gasteiger partial charge in [-0.3, -0.25) is 9.30 Å². The van der Waals surface area contributed by atoms with Crippen molar-refractivity contribution in [2.45, 2.75) is 64.6 Å². The summed E-state index contributed by atoms with van der Waals surface area (Å²) in [6, 6.07) is 8.25. The van der Waals surface area contributed by atoms with Gasteiger partial charge in [-0.1, -0.05) is 6.42 Å². The summed E-state index contributed by atoms with van der Waals surface area (Å²) in [6.45, 7) is 5.86. The molecule has 1 aromatic carbocycles. The second-order valence-electron chi connectivity index (χ2n) is 9.68. The van der Waals surface area contributed by atoms with Gasteiger partial charge in [0, 0.05) is 36.9 Å². The van der Waals surface area contributed by atoms with Crippen molar-refractivity contribution in [3.05, 3.63) is 46.2 Å². The van der Waals surface area contributed by atoms with Crippen LogP contribution in [0.15, 0.2) is 24.3 Å². The lowest BCUT2D eigenvalue weighted by Gasteiger charge is -2.32. The van der Waals surface area contributed by atoms with Gasteiger partial charge in [-0.15, -0.1) is 10.2 Å². The first-order valence-corrected chi connectivity index (χ1v) is 12.7. The molecule has 5 heterocycles. The Morgan fingerprint density at radius 2 is 2.00 bits per heavy atom. The summed E-state index contributed by atoms with van der Waals surface area (Å²) in [4.78, 5) is 2.46. The minimum Gasteiger partial charge on any atom is -0.497 e. The molecule has 1 fully saturated rings. The van der Waals surface area contributed by atoms with Crippen LogP contribution in [-0.4, -0.2) is 54.0 Å². The highest BCUT2D eigenvalue weighted by Crippen LogP contribution is 2.29. The van der Waals surface area contributed by atoms with E-state index in [1.54, 1.807) is 7.11 Å². The van der Waals surface area contributed by atoms with Gasteiger partial charge in [0.15, 0.2) is 5.65 Å². The number of hydrogen-bond donors (Lipinski definition) is 0. The van der Waals surface area contributed by atoms with Crippen molar-refractivity contribution in [1.82, 2.24) is 33.8 Å². The molecular weight excluding hydrogens is 446 g/mol. The van der Waals surface area contributed by atoms with Crippen molar-refractivity contribution in [2.75, 3.05) is 20.2 Å². The number of hydrogen-bond acceptors (Lipinski definition) is 6. The van der Waals surface area contributed by atoms with Crippen molar-refractivity contribution in [3.63, 3.8) is 0 Å². The van der Waals surface area contributed by atoms with E-state index in [0.29, 0.717) is 17.4 Å². The topological polar surface area (TPSA) is 65.4 Å². The van der Waals surface area contributed by atoms with Crippen LogP contribution in [-0.2, 0) is 19.6 Å². The van der Waals surface area contributed by atoms with E-state index >= 15 is 0 Å². The van der Waals surface area contributed by atoms with Crippen LogP contribution in [0.5, 0.6) is 5.75 Å². The molecule has 0 unspecified atom stereocenters. The summed E-state index contributed by atoms with van der Waals surface area (Å²) in [6.07, 6.45) is 7.09. The smallest absolute Gasteiger partial charge is 0.204 e. The van der Waals surface area contributed by atoms with Gasteiger partial charge in [-0.05, 0) is 75.1 Å². The lowest BCUT2D eigenvalue weighted by Crippen LogP contribution is -2.37. The summed E-state index contributed by atoms with van der Waals surface area (Å²) < 4.78 is 12.6. The summed E-state index contributed by atoms with van der Waals surface area (Å²) in [7, 11) is 1.69. The van der Waals surface area contributed by atoms with Crippen molar-refractivity contribution < 1.29 is 4.74 Å². The lowest BCUT2D eigenvalue weighted by molar-refractivity contribution is 0.152. The number of benzene rings is 1. The predicted molar refractivity (Wildman–Crippen MR) is 134 cm³/mol. The van der Waals surface area contributed by atoms with Crippen LogP contribution < -0.4 is 4.74 Å². The van der Waals surface area contributed by atoms with Crippen LogP contribution in [0.4, 0.5) is 0 Å². The van der Waals surface area contributed by atoms with Gasteiger partial charge in [-0.25, -0.2) is 4.68 Å². The first kappa shape index (κ1) is 21.7. The molecule has 0 bridgehead atoms. The highest BCUT2D eigenvalue weighted by molar-refractivity contribution is 7.71. The number of ether oxygens (including phenoxy) is 1. The number of pyridine rings is 1. The van der Waals surface area contributed by atoms with Crippen molar-refractivity contribution >= 4 is 28.8 Å². The van der Waals surface area contributed by atoms with Gasteiger partial charge < -0.3 is 9.30 Å². The lowest BCUT2D eigenvalue weighted by atomic mass is 9.97. The van der Waals surface area contributed by atoms with Gasteiger partial charge in [-0.2, -0.15) is 5.10 Å². The normalized spacial score (nSPS) is 19.4. The molecule has 0 aliphatic carbocycles. The number of rotatable bonds is 4. The van der Waals surface area contributed by atoms with Gasteiger partial charge in [0.1, 0.15) is 17.4 Å². The first-order valence-electron chi connectivity index (χ1n) is 12.3. The summed E-state index contributed by atoms with van der Waals surface area (Å²) in [5.41, 5.74) is 3.09. The number of likely N-dealkylation sites (tertiary alicyclic amines) is 1. The zero-order chi connectivity index (χ0) is 23.2. The summed E-state index contributed by atoms with van der Waals surface area (Å²) in [5.74, 6) is 3.57. The number of aromatic nitrogens is 6. The Labute approximate surface area is 204 Å². The van der Waals surface area contributed by atoms with Crippen LogP contribution in [0, 0.1) is 11.7 Å². The molecule has 4 aromatic rings. The molecule has 3 aromatic heterocycles. The van der Waals surface area contributed by atoms with Gasteiger partial charge >= 0.3 is 0 Å². The number of methoxy groups -OCH3 is 1. The molecule has 9 heteroatoms. The van der Waals surface area contributed by atoms with Crippen LogP contribution in [0.25, 0.3) is 16.6 Å². The molecule has 0 spiro atoms. The maximum Gasteiger partial charge on any atom is 0.204 e. The van der Waals surface area contributed by atoms with Crippen LogP contribution in [0.2, 0.25) is 0 Å². The van der Waals surface area contributed by atoms with Crippen molar-refractivity contribution in [2.24, 2.45) is 0 Å². The van der Waals surface area contributed by atoms with Crippen LogP contribution in [0.1, 0.15) is 55.2 Å². The maximum atomic E-state index is 5.92. The molecule has 178 valence electrons. The Kier molecular flexibility index (Phi) is 5.61. The Bertz CT molecular complexity index is 1420. The predicted octanol–water partition coefficient (Wildman–Crippen LogP) is 4.49. The Balaban J connectivity index is 1.30. The van der Waals surface area contributed by atoms with Crippen molar-refractivity contribution in [3.8, 4) is 5.75 Å². The average Bonchev–Trinajstić information content (AvgIpc) is 3.29. The molecule has 6 rings (SSSR count). The average molecular weight is 478 g/mol. The molecule has 2 aliphatic heterocycles. The Morgan fingerprint density at radius 1 is 1.09 bits per heavy atom. The van der Waals surface area contributed by atoms with E-state index in [0.717, 1.165) is 61.2 Å². The quantitative estimate of drug-likeness (QED) is 0.404. The third-order valence-electron chi connectivity index (χ3n) is 7.42. The number of nitrogens with zero attached hydrogens (tertiary/aromatic N) is 7. The molecule has 34 heavy (non-hydrogen) atoms. The number of aryl methyl sites for hydroxylation is 2. The molecule has 0 N–H and O–H groups in total. The minimum atomic E-state index is 0.409. The van der Waals surface area contributed by atoms with Gasteiger partial charge in [0.05, 0.1) is 19.3 Å². The number of fused-ring (bicyclic) bond motifs is 4. The zero-order valence-corrected chi connectivity index (χ0v) is 20.7. The highest BCUT2D eigenvalue weighted by Gasteiger charge is 2.28. The highest BCUT2D eigenvalue weighted by atomic mass is 32.1. The first-order chi connectivity index (χ1) is 16.6. The van der Waals surface area contributed by atoms with E-state index in [-0.39, 0.29) is 0 Å². The maximum absolute atomic E-state index is 5.92. The minimum absolute atomic E-state index is 0.409. The second-order valence-corrected chi connectivity index (χ2v) is 10.0. The van der Waals surface area contributed by atoms with E-state index in [2.05, 4.69) is 43.1 Å². The van der Waals surface area contributed by atoms with E-state index in [1.807, 2.05) is 16.8 Å². The standard InChI is InChI=1S/C25H31N7OS/c1-17-13-23-28-31(25(34)32(23)21-14-19(33-2)9-10-20(17)21)16-29-11-6-7-18(15-29)24-27-26-22-8-4-3-5-12-30(22)24/h9-10,13-14,18H,3-8,11-12,15-16H2,1-2H3/t18-/m1/s1. The van der Waals surface area contributed by atoms with Crippen LogP contribution >= 0.6 is 12.2 Å². The third kappa shape index (κ3) is 3.71. The Hall–Kier alpha value is -2.78. The molecule has 0 radical (unpaired) electrons. The largest absolute Gasteiger partial charge is 0.497 e. The van der Waals surface area contributed by atoms with E-state index in [9.17, 15) is 0 Å². The second kappa shape index (κ2) is 8.78. The molecule has 2 aliphatic rings. The zero-order valence-electron chi connectivity index (χ0n) is 19.9. The SMILES string of the molecule is COc1ccc2c(C)cc3nn(CN4CCC[C@@H](c5nnc6n5CCCCC6)C4)c(=S)n3c2c1. The number of piperidine rings is 1. The molecule has 8 nitrogen and oxygen atoms in total. The molecule has 1 saturated heterocycles. The van der Waals surface area contributed by atoms with Crippen LogP contribution in [0.3, 0.4) is 0 Å². The summed E-state index contributed by atoms with van der Waals surface area (Å²) >= 11 is 5.92. The van der Waals surface area contributed by atoms with Gasteiger partial charge in [0.2, 0.25) is 4.77 Å². The van der Waals surface area contributed by atoms with E-state index < -0.39 is 0 Å². The molecular formula is C25H31N7OS. The molecule has 0 amide bonds. The fourth-order valence-electron chi connectivity index (χ4n) is 5.66. The monoisotopic (exact) mass is 477 g/mol. The van der Waals surface area contributed by atoms with Crippen molar-refractivity contribution in [1.29, 1.82) is 0 Å². The Morgan fingerprint density at radius 3 is 2.88 bits per heavy atom. The van der Waals surface area contributed by atoms with Gasteiger partial charge in [0.25, 0.3) is 0 Å². The summed E-state index contributed by atoms with van der Waals surface area (Å²) in [5, 5.41) is 15.3. The van der Waals surface area contributed by atoms with E-state index in [4.69, 9.17) is 22.1 Å². The fourth-order valence-corrected chi connectivity index (χ4v) is 5.95. The fraction of sp³-hybridized carbons (Fsp3) is 0.520.